The van der Waals surface area contributed by atoms with Crippen molar-refractivity contribution < 1.29 is 0 Å². The third-order valence-corrected chi connectivity index (χ3v) is 10.2. The number of hydrogen-bond acceptors (Lipinski definition) is 7. The van der Waals surface area contributed by atoms with Gasteiger partial charge in [-0.25, -0.2) is 24.9 Å². The molecule has 0 bridgehead atoms. The fourth-order valence-corrected chi connectivity index (χ4v) is 7.25. The molecule has 60 heavy (non-hydrogen) atoms. The second kappa shape index (κ2) is 16.3. The zero-order chi connectivity index (χ0) is 40.1. The zero-order valence-corrected chi connectivity index (χ0v) is 32.3. The van der Waals surface area contributed by atoms with E-state index in [2.05, 4.69) is 60.7 Å². The Bertz CT molecular complexity index is 2950. The molecule has 0 saturated heterocycles. The van der Waals surface area contributed by atoms with Crippen LogP contribution in [-0.2, 0) is 0 Å². The minimum atomic E-state index is 0.595. The smallest absolute Gasteiger partial charge is 0.160 e. The summed E-state index contributed by atoms with van der Waals surface area (Å²) in [5.74, 6) is 1.22. The van der Waals surface area contributed by atoms with Crippen LogP contribution in [0, 0.1) is 0 Å². The average molecular weight is 770 g/mol. The van der Waals surface area contributed by atoms with Gasteiger partial charge in [-0.2, -0.15) is 0 Å². The summed E-state index contributed by atoms with van der Waals surface area (Å²) in [6.07, 6.45) is 3.60. The minimum absolute atomic E-state index is 0.595. The number of hydrogen-bond donors (Lipinski definition) is 0. The Morgan fingerprint density at radius 2 is 0.683 bits per heavy atom. The maximum Gasteiger partial charge on any atom is 0.160 e. The van der Waals surface area contributed by atoms with Crippen LogP contribution in [0.25, 0.3) is 102 Å². The first kappa shape index (κ1) is 36.1. The predicted molar refractivity (Wildman–Crippen MR) is 240 cm³/mol. The van der Waals surface area contributed by atoms with E-state index in [-0.39, 0.29) is 0 Å². The van der Waals surface area contributed by atoms with Crippen LogP contribution < -0.4 is 0 Å². The second-order valence-electron chi connectivity index (χ2n) is 14.2. The van der Waals surface area contributed by atoms with Crippen molar-refractivity contribution in [2.45, 2.75) is 0 Å². The van der Waals surface area contributed by atoms with E-state index in [1.165, 1.54) is 0 Å². The van der Waals surface area contributed by atoms with E-state index in [1.807, 2.05) is 140 Å². The molecule has 0 spiro atoms. The lowest BCUT2D eigenvalue weighted by Crippen LogP contribution is -2.00. The summed E-state index contributed by atoms with van der Waals surface area (Å²) in [6, 6.07) is 67.1. The molecule has 5 aromatic carbocycles. The van der Waals surface area contributed by atoms with Gasteiger partial charge in [-0.1, -0.05) is 152 Å². The Hall–Kier alpha value is -8.29. The van der Waals surface area contributed by atoms with Gasteiger partial charge in [0.15, 0.2) is 11.6 Å². The van der Waals surface area contributed by atoms with Crippen molar-refractivity contribution in [1.29, 1.82) is 0 Å². The quantitative estimate of drug-likeness (QED) is 0.144. The molecule has 0 unspecified atom stereocenters. The molecule has 0 aliphatic carbocycles. The van der Waals surface area contributed by atoms with Crippen molar-refractivity contribution >= 4 is 0 Å². The number of aromatic nitrogens is 7. The molecule has 5 heterocycles. The fraction of sp³-hybridized carbons (Fsp3) is 0. The van der Waals surface area contributed by atoms with Crippen molar-refractivity contribution in [3.05, 3.63) is 213 Å². The highest BCUT2D eigenvalue weighted by Crippen LogP contribution is 2.36. The van der Waals surface area contributed by atoms with Gasteiger partial charge < -0.3 is 0 Å². The summed E-state index contributed by atoms with van der Waals surface area (Å²) in [7, 11) is 0. The van der Waals surface area contributed by atoms with Gasteiger partial charge in [-0.15, -0.1) is 0 Å². The molecule has 0 amide bonds. The lowest BCUT2D eigenvalue weighted by atomic mass is 9.99. The molecule has 10 rings (SSSR count). The number of nitrogens with zero attached hydrogens (tertiary/aromatic N) is 7. The highest BCUT2D eigenvalue weighted by atomic mass is 14.9. The van der Waals surface area contributed by atoms with Gasteiger partial charge in [-0.05, 0) is 59.7 Å². The maximum atomic E-state index is 5.30. The Labute approximate surface area is 347 Å². The summed E-state index contributed by atoms with van der Waals surface area (Å²) in [5, 5.41) is 0. The summed E-state index contributed by atoms with van der Waals surface area (Å²) in [4.78, 5) is 35.5. The highest BCUT2D eigenvalue weighted by Gasteiger charge is 2.19. The van der Waals surface area contributed by atoms with Crippen molar-refractivity contribution in [2.24, 2.45) is 0 Å². The van der Waals surface area contributed by atoms with E-state index in [1.54, 1.807) is 12.4 Å². The van der Waals surface area contributed by atoms with Crippen molar-refractivity contribution in [1.82, 2.24) is 34.9 Å². The van der Waals surface area contributed by atoms with Crippen LogP contribution in [0.15, 0.2) is 213 Å². The van der Waals surface area contributed by atoms with Gasteiger partial charge >= 0.3 is 0 Å². The Balaban J connectivity index is 1.13. The third-order valence-electron chi connectivity index (χ3n) is 10.2. The van der Waals surface area contributed by atoms with Crippen LogP contribution in [0.4, 0.5) is 0 Å². The summed E-state index contributed by atoms with van der Waals surface area (Å²) in [5.41, 5.74) is 13.6. The average Bonchev–Trinajstić information content (AvgIpc) is 3.35. The first-order valence-corrected chi connectivity index (χ1v) is 19.7. The van der Waals surface area contributed by atoms with E-state index in [0.717, 1.165) is 67.3 Å². The van der Waals surface area contributed by atoms with Gasteiger partial charge in [0.25, 0.3) is 0 Å². The van der Waals surface area contributed by atoms with E-state index >= 15 is 0 Å². The summed E-state index contributed by atoms with van der Waals surface area (Å²) < 4.78 is 0. The maximum absolute atomic E-state index is 5.30. The lowest BCUT2D eigenvalue weighted by molar-refractivity contribution is 1.16. The SMILES string of the molecule is c1ccc(-c2cc(-c3cc(-c4nc(-c5ccccc5)cc(-c5ccccc5)n4)ccn3)nc(-c3ncccc3-c3cc(-c4ccccc4)nc(-c4ccccc4)n3)c2)cc1. The van der Waals surface area contributed by atoms with Crippen LogP contribution >= 0.6 is 0 Å². The molecule has 0 saturated carbocycles. The van der Waals surface area contributed by atoms with Gasteiger partial charge in [0.05, 0.1) is 45.6 Å². The molecule has 282 valence electrons. The molecule has 0 fully saturated rings. The van der Waals surface area contributed by atoms with Crippen LogP contribution in [0.5, 0.6) is 0 Å². The molecule has 7 heteroatoms. The Morgan fingerprint density at radius 1 is 0.233 bits per heavy atom. The molecule has 0 aliphatic heterocycles. The zero-order valence-electron chi connectivity index (χ0n) is 32.3. The monoisotopic (exact) mass is 769 g/mol. The normalized spacial score (nSPS) is 11.0. The molecule has 0 atom stereocenters. The van der Waals surface area contributed by atoms with Crippen LogP contribution in [-0.4, -0.2) is 34.9 Å². The number of pyridine rings is 3. The van der Waals surface area contributed by atoms with Crippen molar-refractivity contribution in [3.8, 4) is 102 Å². The first-order valence-electron chi connectivity index (χ1n) is 19.7. The molecule has 7 nitrogen and oxygen atoms in total. The molecular weight excluding hydrogens is 735 g/mol. The van der Waals surface area contributed by atoms with E-state index in [9.17, 15) is 0 Å². The number of benzene rings is 5. The van der Waals surface area contributed by atoms with Crippen molar-refractivity contribution in [3.63, 3.8) is 0 Å². The molecule has 5 aromatic heterocycles. The van der Waals surface area contributed by atoms with Gasteiger partial charge in [0.2, 0.25) is 0 Å². The Kier molecular flexibility index (Phi) is 9.79. The largest absolute Gasteiger partial charge is 0.255 e. The van der Waals surface area contributed by atoms with E-state index < -0.39 is 0 Å². The van der Waals surface area contributed by atoms with Gasteiger partial charge in [0, 0.05) is 45.8 Å². The van der Waals surface area contributed by atoms with Crippen LogP contribution in [0.3, 0.4) is 0 Å². The second-order valence-corrected chi connectivity index (χ2v) is 14.2. The topological polar surface area (TPSA) is 90.2 Å². The lowest BCUT2D eigenvalue weighted by Gasteiger charge is -2.14. The number of rotatable bonds is 9. The first-order chi connectivity index (χ1) is 29.7. The summed E-state index contributed by atoms with van der Waals surface area (Å²) in [6.45, 7) is 0. The highest BCUT2D eigenvalue weighted by molar-refractivity contribution is 5.84. The molecule has 0 radical (unpaired) electrons. The standard InChI is InChI=1S/C53H35N7/c1-6-17-36(18-7-1)42-32-49(48-31-41(28-30-54-48)53-58-44(37-19-8-2-9-20-37)34-45(59-53)38-21-10-3-11-22-38)56-50(33-42)51-43(27-16-29-55-51)47-35-46(39-23-12-4-13-24-39)57-52(60-47)40-25-14-5-15-26-40/h1-35H. The van der Waals surface area contributed by atoms with E-state index in [4.69, 9.17) is 34.9 Å². The van der Waals surface area contributed by atoms with Gasteiger partial charge in [-0.3, -0.25) is 9.97 Å². The van der Waals surface area contributed by atoms with Crippen LogP contribution in [0.1, 0.15) is 0 Å². The predicted octanol–water partition coefficient (Wildman–Crippen LogP) is 12.5. The molecular formula is C53H35N7. The molecule has 0 aliphatic rings. The van der Waals surface area contributed by atoms with E-state index in [0.29, 0.717) is 34.4 Å². The van der Waals surface area contributed by atoms with Gasteiger partial charge in [0.1, 0.15) is 0 Å². The Morgan fingerprint density at radius 3 is 1.25 bits per heavy atom. The molecule has 0 N–H and O–H groups in total. The fourth-order valence-electron chi connectivity index (χ4n) is 7.25. The van der Waals surface area contributed by atoms with Crippen molar-refractivity contribution in [2.75, 3.05) is 0 Å². The third kappa shape index (κ3) is 7.58. The minimum Gasteiger partial charge on any atom is -0.255 e. The molecule has 10 aromatic rings. The summed E-state index contributed by atoms with van der Waals surface area (Å²) >= 11 is 0. The van der Waals surface area contributed by atoms with Crippen LogP contribution in [0.2, 0.25) is 0 Å².